The van der Waals surface area contributed by atoms with Crippen LogP contribution in [0.15, 0.2) is 30.3 Å². The van der Waals surface area contributed by atoms with Crippen molar-refractivity contribution in [2.45, 2.75) is 57.5 Å². The van der Waals surface area contributed by atoms with E-state index in [1.807, 2.05) is 30.3 Å². The predicted molar refractivity (Wildman–Crippen MR) is 102 cm³/mol. The Morgan fingerprint density at radius 3 is 2.57 bits per heavy atom. The molecule has 2 bridgehead atoms. The van der Waals surface area contributed by atoms with Crippen LogP contribution in [0.4, 0.5) is 4.79 Å². The fourth-order valence-corrected chi connectivity index (χ4v) is 3.79. The van der Waals surface area contributed by atoms with Crippen LogP contribution < -0.4 is 5.32 Å². The van der Waals surface area contributed by atoms with Gasteiger partial charge in [0, 0.05) is 5.41 Å². The van der Waals surface area contributed by atoms with Crippen LogP contribution in [0.3, 0.4) is 0 Å². The van der Waals surface area contributed by atoms with E-state index in [-0.39, 0.29) is 12.0 Å². The lowest BCUT2D eigenvalue weighted by atomic mass is 9.72. The summed E-state index contributed by atoms with van der Waals surface area (Å²) >= 11 is 0. The van der Waals surface area contributed by atoms with Gasteiger partial charge in [0.2, 0.25) is 0 Å². The normalized spacial score (nSPS) is 25.6. The third-order valence-electron chi connectivity index (χ3n) is 5.68. The molecule has 0 radical (unpaired) electrons. The third-order valence-corrected chi connectivity index (χ3v) is 5.68. The highest BCUT2D eigenvalue weighted by Crippen LogP contribution is 2.43. The van der Waals surface area contributed by atoms with Crippen LogP contribution in [0.5, 0.6) is 0 Å². The molecule has 2 saturated heterocycles. The van der Waals surface area contributed by atoms with Crippen LogP contribution in [-0.4, -0.2) is 50.6 Å². The van der Waals surface area contributed by atoms with Crippen molar-refractivity contribution in [3.63, 3.8) is 0 Å². The van der Waals surface area contributed by atoms with Crippen LogP contribution in [-0.2, 0) is 30.3 Å². The molecule has 4 rings (SSSR count). The Bertz CT molecular complexity index is 642. The lowest BCUT2D eigenvalue weighted by Crippen LogP contribution is -2.51. The zero-order valence-electron chi connectivity index (χ0n) is 16.5. The van der Waals surface area contributed by atoms with E-state index in [0.717, 1.165) is 31.2 Å². The summed E-state index contributed by atoms with van der Waals surface area (Å²) in [4.78, 5) is 24.3. The minimum Gasteiger partial charge on any atom is -0.467 e. The second-order valence-corrected chi connectivity index (χ2v) is 7.73. The number of rotatable bonds is 8. The molecule has 0 aromatic heterocycles. The van der Waals surface area contributed by atoms with Crippen LogP contribution in [0.25, 0.3) is 0 Å². The van der Waals surface area contributed by atoms with E-state index in [2.05, 4.69) is 5.32 Å². The molecule has 1 amide bonds. The van der Waals surface area contributed by atoms with Crippen molar-refractivity contribution in [3.05, 3.63) is 35.9 Å². The van der Waals surface area contributed by atoms with Gasteiger partial charge in [-0.15, -0.1) is 0 Å². The van der Waals surface area contributed by atoms with Crippen LogP contribution in [0.1, 0.15) is 38.2 Å². The van der Waals surface area contributed by atoms with Gasteiger partial charge in [-0.05, 0) is 38.2 Å². The van der Waals surface area contributed by atoms with Crippen molar-refractivity contribution in [3.8, 4) is 0 Å². The minimum absolute atomic E-state index is 0.0114. The average molecular weight is 391 g/mol. The summed E-state index contributed by atoms with van der Waals surface area (Å²) in [5, 5.41) is 2.57. The number of carbonyl (C=O) groups excluding carboxylic acids is 2. The highest BCUT2D eigenvalue weighted by molar-refractivity contribution is 5.81. The Hall–Kier alpha value is -2.12. The minimum atomic E-state index is -0.939. The van der Waals surface area contributed by atoms with Crippen LogP contribution in [0.2, 0.25) is 0 Å². The molecule has 1 saturated carbocycles. The van der Waals surface area contributed by atoms with Gasteiger partial charge in [0.05, 0.1) is 32.5 Å². The lowest BCUT2D eigenvalue weighted by molar-refractivity contribution is -0.159. The monoisotopic (exact) mass is 391 g/mol. The quantitative estimate of drug-likeness (QED) is 0.686. The average Bonchev–Trinajstić information content (AvgIpc) is 2.76. The summed E-state index contributed by atoms with van der Waals surface area (Å²) in [7, 11) is 1.29. The van der Waals surface area contributed by atoms with Gasteiger partial charge in [-0.2, -0.15) is 0 Å². The van der Waals surface area contributed by atoms with E-state index in [4.69, 9.17) is 18.9 Å². The molecule has 2 heterocycles. The molecule has 1 aliphatic carbocycles. The molecule has 7 heteroatoms. The number of fused-ring (bicyclic) bond motifs is 3. The maximum atomic E-state index is 12.2. The van der Waals surface area contributed by atoms with Crippen molar-refractivity contribution in [1.29, 1.82) is 0 Å². The molecule has 2 aliphatic heterocycles. The van der Waals surface area contributed by atoms with Crippen molar-refractivity contribution < 1.29 is 28.5 Å². The second-order valence-electron chi connectivity index (χ2n) is 7.73. The number of methoxy groups -OCH3 is 1. The molecule has 0 unspecified atom stereocenters. The Morgan fingerprint density at radius 1 is 1.25 bits per heavy atom. The van der Waals surface area contributed by atoms with E-state index < -0.39 is 24.2 Å². The number of esters is 1. The predicted octanol–water partition coefficient (Wildman–Crippen LogP) is 2.82. The van der Waals surface area contributed by atoms with Gasteiger partial charge in [0.25, 0.3) is 0 Å². The standard InChI is InChI=1S/C21H29NO6/c1-15(27-13-21-10-8-17(9-11-21)28-14-21)18(19(23)25-2)22-20(24)26-12-16-6-4-3-5-7-16/h3-7,15,17-18H,8-14H2,1-2H3,(H,22,24)/t15-,17?,18+,21?/m1/s1. The number of nitrogens with one attached hydrogen (secondary N) is 1. The van der Waals surface area contributed by atoms with E-state index >= 15 is 0 Å². The maximum Gasteiger partial charge on any atom is 0.408 e. The van der Waals surface area contributed by atoms with Gasteiger partial charge in [-0.3, -0.25) is 0 Å². The molecular formula is C21H29NO6. The number of benzene rings is 1. The first kappa shape index (κ1) is 20.6. The molecule has 2 atom stereocenters. The molecule has 0 spiro atoms. The fraction of sp³-hybridized carbons (Fsp3) is 0.619. The number of hydrogen-bond donors (Lipinski definition) is 1. The zero-order valence-corrected chi connectivity index (χ0v) is 16.5. The SMILES string of the molecule is COC(=O)[C@@H](NC(=O)OCc1ccccc1)[C@@H](C)OCC12CCC(CC1)OC2. The van der Waals surface area contributed by atoms with Crippen molar-refractivity contribution >= 4 is 12.1 Å². The maximum absolute atomic E-state index is 12.2. The number of ether oxygens (including phenoxy) is 4. The summed E-state index contributed by atoms with van der Waals surface area (Å²) < 4.78 is 21.9. The van der Waals surface area contributed by atoms with Crippen LogP contribution in [0, 0.1) is 5.41 Å². The number of hydrogen-bond acceptors (Lipinski definition) is 6. The molecule has 3 fully saturated rings. The molecule has 7 nitrogen and oxygen atoms in total. The van der Waals surface area contributed by atoms with Crippen molar-refractivity contribution in [2.24, 2.45) is 5.41 Å². The Labute approximate surface area is 165 Å². The van der Waals surface area contributed by atoms with E-state index in [1.54, 1.807) is 6.92 Å². The van der Waals surface area contributed by atoms with E-state index in [9.17, 15) is 9.59 Å². The molecule has 28 heavy (non-hydrogen) atoms. The molecule has 1 aromatic carbocycles. The third kappa shape index (κ3) is 5.23. The van der Waals surface area contributed by atoms with Gasteiger partial charge in [-0.1, -0.05) is 30.3 Å². The molecule has 154 valence electrons. The first-order valence-electron chi connectivity index (χ1n) is 9.80. The second kappa shape index (κ2) is 9.39. The first-order valence-corrected chi connectivity index (χ1v) is 9.80. The molecule has 1 aromatic rings. The summed E-state index contributed by atoms with van der Waals surface area (Å²) in [6.07, 6.45) is 3.41. The number of carbonyl (C=O) groups is 2. The largest absolute Gasteiger partial charge is 0.467 e. The summed E-state index contributed by atoms with van der Waals surface area (Å²) in [5.41, 5.74) is 0.876. The molecule has 1 N–H and O–H groups in total. The van der Waals surface area contributed by atoms with Crippen molar-refractivity contribution in [2.75, 3.05) is 20.3 Å². The smallest absolute Gasteiger partial charge is 0.408 e. The zero-order chi connectivity index (χ0) is 20.0. The van der Waals surface area contributed by atoms with E-state index in [1.165, 1.54) is 7.11 Å². The fourth-order valence-electron chi connectivity index (χ4n) is 3.79. The van der Waals surface area contributed by atoms with Crippen LogP contribution >= 0.6 is 0 Å². The molecular weight excluding hydrogens is 362 g/mol. The first-order chi connectivity index (χ1) is 13.5. The highest BCUT2D eigenvalue weighted by atomic mass is 16.6. The Morgan fingerprint density at radius 2 is 1.96 bits per heavy atom. The lowest BCUT2D eigenvalue weighted by Gasteiger charge is -2.46. The van der Waals surface area contributed by atoms with Gasteiger partial charge in [0.15, 0.2) is 6.04 Å². The Balaban J connectivity index is 1.51. The van der Waals surface area contributed by atoms with Gasteiger partial charge in [-0.25, -0.2) is 9.59 Å². The van der Waals surface area contributed by atoms with Gasteiger partial charge < -0.3 is 24.3 Å². The topological polar surface area (TPSA) is 83.1 Å². The summed E-state index contributed by atoms with van der Waals surface area (Å²) in [6, 6.07) is 8.40. The number of alkyl carbamates (subject to hydrolysis) is 1. The van der Waals surface area contributed by atoms with Gasteiger partial charge in [0.1, 0.15) is 6.61 Å². The number of amides is 1. The van der Waals surface area contributed by atoms with Gasteiger partial charge >= 0.3 is 12.1 Å². The van der Waals surface area contributed by atoms with Crippen molar-refractivity contribution in [1.82, 2.24) is 5.32 Å². The van der Waals surface area contributed by atoms with E-state index in [0.29, 0.717) is 19.3 Å². The Kier molecular flexibility index (Phi) is 6.91. The summed E-state index contributed by atoms with van der Waals surface area (Å²) in [5.74, 6) is -0.565. The highest BCUT2D eigenvalue weighted by Gasteiger charge is 2.42. The molecule has 3 aliphatic rings. The summed E-state index contributed by atoms with van der Waals surface area (Å²) in [6.45, 7) is 3.07.